The van der Waals surface area contributed by atoms with Gasteiger partial charge in [0.15, 0.2) is 11.5 Å². The van der Waals surface area contributed by atoms with Crippen molar-refractivity contribution in [3.63, 3.8) is 0 Å². The minimum Gasteiger partial charge on any atom is -0.493 e. The van der Waals surface area contributed by atoms with Crippen LogP contribution in [0.15, 0.2) is 55.1 Å². The number of nitrogens with zero attached hydrogens (tertiary/aromatic N) is 3. The highest BCUT2D eigenvalue weighted by Crippen LogP contribution is 2.27. The van der Waals surface area contributed by atoms with Crippen LogP contribution in [0.2, 0.25) is 0 Å². The summed E-state index contributed by atoms with van der Waals surface area (Å²) in [6, 6.07) is 13.3. The summed E-state index contributed by atoms with van der Waals surface area (Å²) >= 11 is 0. The summed E-state index contributed by atoms with van der Waals surface area (Å²) in [4.78, 5) is 15.9. The van der Waals surface area contributed by atoms with Crippen LogP contribution in [0.4, 0.5) is 4.79 Å². The maximum absolute atomic E-state index is 12.0. The van der Waals surface area contributed by atoms with Gasteiger partial charge < -0.3 is 20.1 Å². The number of carbonyl (C=O) groups is 1. The van der Waals surface area contributed by atoms with Crippen molar-refractivity contribution >= 4 is 6.03 Å². The van der Waals surface area contributed by atoms with Crippen LogP contribution in [0.25, 0.3) is 5.69 Å². The molecule has 0 saturated carbocycles. The minimum atomic E-state index is -0.208. The first kappa shape index (κ1) is 19.2. The number of benzene rings is 2. The number of rotatable bonds is 8. The lowest BCUT2D eigenvalue weighted by atomic mass is 10.1. The number of ether oxygens (including phenoxy) is 2. The number of hydrogen-bond acceptors (Lipinski definition) is 5. The first-order chi connectivity index (χ1) is 13.7. The zero-order chi connectivity index (χ0) is 19.8. The number of carbonyl (C=O) groups excluding carboxylic acids is 1. The van der Waals surface area contributed by atoms with Gasteiger partial charge >= 0.3 is 6.03 Å². The average Bonchev–Trinajstić information content (AvgIpc) is 3.27. The molecule has 0 unspecified atom stereocenters. The minimum absolute atomic E-state index is 0.208. The van der Waals surface area contributed by atoms with Gasteiger partial charge in [-0.05, 0) is 41.8 Å². The molecular formula is C20H23N5O3. The molecule has 146 valence electrons. The van der Waals surface area contributed by atoms with Crippen LogP contribution in [0.5, 0.6) is 11.5 Å². The fraction of sp³-hybridized carbons (Fsp3) is 0.250. The van der Waals surface area contributed by atoms with Crippen molar-refractivity contribution < 1.29 is 14.3 Å². The topological polar surface area (TPSA) is 90.3 Å². The van der Waals surface area contributed by atoms with E-state index in [1.165, 1.54) is 6.33 Å². The van der Waals surface area contributed by atoms with Crippen molar-refractivity contribution in [3.05, 3.63) is 66.2 Å². The van der Waals surface area contributed by atoms with Gasteiger partial charge in [-0.15, -0.1) is 0 Å². The van der Waals surface area contributed by atoms with Crippen molar-refractivity contribution in [2.45, 2.75) is 13.0 Å². The normalized spacial score (nSPS) is 10.4. The lowest BCUT2D eigenvalue weighted by Gasteiger charge is -2.11. The third-order valence-corrected chi connectivity index (χ3v) is 4.22. The van der Waals surface area contributed by atoms with Gasteiger partial charge in [-0.3, -0.25) is 0 Å². The van der Waals surface area contributed by atoms with Crippen LogP contribution in [-0.4, -0.2) is 41.6 Å². The third-order valence-electron chi connectivity index (χ3n) is 4.22. The lowest BCUT2D eigenvalue weighted by molar-refractivity contribution is 0.240. The Labute approximate surface area is 163 Å². The second kappa shape index (κ2) is 9.40. The van der Waals surface area contributed by atoms with Gasteiger partial charge in [0, 0.05) is 13.1 Å². The predicted molar refractivity (Wildman–Crippen MR) is 105 cm³/mol. The van der Waals surface area contributed by atoms with E-state index in [0.717, 1.165) is 16.8 Å². The van der Waals surface area contributed by atoms with Gasteiger partial charge in [0.05, 0.1) is 19.9 Å². The molecule has 2 aromatic carbocycles. The molecule has 0 atom stereocenters. The zero-order valence-electron chi connectivity index (χ0n) is 15.9. The van der Waals surface area contributed by atoms with E-state index < -0.39 is 0 Å². The number of hydrogen-bond donors (Lipinski definition) is 2. The summed E-state index contributed by atoms with van der Waals surface area (Å²) in [6.45, 7) is 0.965. The number of nitrogens with one attached hydrogen (secondary N) is 2. The molecule has 0 saturated heterocycles. The van der Waals surface area contributed by atoms with Gasteiger partial charge in [-0.25, -0.2) is 14.5 Å². The van der Waals surface area contributed by atoms with Crippen LogP contribution in [0.3, 0.4) is 0 Å². The Kier molecular flexibility index (Phi) is 6.46. The van der Waals surface area contributed by atoms with Gasteiger partial charge in [0.25, 0.3) is 0 Å². The van der Waals surface area contributed by atoms with Crippen molar-refractivity contribution in [3.8, 4) is 17.2 Å². The predicted octanol–water partition coefficient (Wildman–Crippen LogP) is 2.33. The van der Waals surface area contributed by atoms with Crippen LogP contribution in [-0.2, 0) is 13.0 Å². The number of methoxy groups -OCH3 is 2. The van der Waals surface area contributed by atoms with Gasteiger partial charge in [-0.2, -0.15) is 5.10 Å². The van der Waals surface area contributed by atoms with Crippen LogP contribution >= 0.6 is 0 Å². The smallest absolute Gasteiger partial charge is 0.315 e. The Bertz CT molecular complexity index is 895. The highest BCUT2D eigenvalue weighted by molar-refractivity contribution is 5.73. The van der Waals surface area contributed by atoms with Crippen molar-refractivity contribution in [2.75, 3.05) is 20.8 Å². The van der Waals surface area contributed by atoms with Crippen molar-refractivity contribution in [1.29, 1.82) is 0 Å². The Morgan fingerprint density at radius 1 is 1.00 bits per heavy atom. The zero-order valence-corrected chi connectivity index (χ0v) is 15.9. The molecule has 1 aromatic heterocycles. The molecule has 0 spiro atoms. The quantitative estimate of drug-likeness (QED) is 0.625. The SMILES string of the molecule is COc1ccc(CCNC(=O)NCc2ccc(-n3cncn3)cc2)cc1OC. The highest BCUT2D eigenvalue weighted by atomic mass is 16.5. The molecule has 3 rings (SSSR count). The Balaban J connectivity index is 1.42. The second-order valence-corrected chi connectivity index (χ2v) is 6.06. The van der Waals surface area contributed by atoms with Crippen LogP contribution in [0, 0.1) is 0 Å². The Morgan fingerprint density at radius 3 is 2.43 bits per heavy atom. The highest BCUT2D eigenvalue weighted by Gasteiger charge is 2.06. The average molecular weight is 381 g/mol. The van der Waals surface area contributed by atoms with E-state index in [1.54, 1.807) is 25.2 Å². The number of aromatic nitrogens is 3. The summed E-state index contributed by atoms with van der Waals surface area (Å²) in [7, 11) is 3.21. The summed E-state index contributed by atoms with van der Waals surface area (Å²) < 4.78 is 12.2. The summed E-state index contributed by atoms with van der Waals surface area (Å²) in [5.41, 5.74) is 2.97. The van der Waals surface area contributed by atoms with E-state index in [9.17, 15) is 4.79 Å². The molecule has 0 fully saturated rings. The molecule has 0 aliphatic carbocycles. The van der Waals surface area contributed by atoms with E-state index in [4.69, 9.17) is 9.47 Å². The fourth-order valence-corrected chi connectivity index (χ4v) is 2.71. The van der Waals surface area contributed by atoms with E-state index in [-0.39, 0.29) is 6.03 Å². The van der Waals surface area contributed by atoms with Gasteiger partial charge in [0.2, 0.25) is 0 Å². The standard InChI is InChI=1S/C20H23N5O3/c1-27-18-8-5-15(11-19(18)28-2)9-10-22-20(26)23-12-16-3-6-17(7-4-16)25-14-21-13-24-25/h3-8,11,13-14H,9-10,12H2,1-2H3,(H2,22,23,26). The second-order valence-electron chi connectivity index (χ2n) is 6.06. The monoisotopic (exact) mass is 381 g/mol. The van der Waals surface area contributed by atoms with Crippen LogP contribution in [0.1, 0.15) is 11.1 Å². The molecular weight excluding hydrogens is 358 g/mol. The van der Waals surface area contributed by atoms with Gasteiger partial charge in [-0.1, -0.05) is 18.2 Å². The molecule has 0 radical (unpaired) electrons. The molecule has 1 heterocycles. The molecule has 3 aromatic rings. The van der Waals surface area contributed by atoms with E-state index in [0.29, 0.717) is 31.0 Å². The summed E-state index contributed by atoms with van der Waals surface area (Å²) in [5, 5.41) is 9.79. The molecule has 28 heavy (non-hydrogen) atoms. The Morgan fingerprint density at radius 2 is 1.75 bits per heavy atom. The molecule has 0 aliphatic rings. The lowest BCUT2D eigenvalue weighted by Crippen LogP contribution is -2.36. The van der Waals surface area contributed by atoms with Crippen LogP contribution < -0.4 is 20.1 Å². The van der Waals surface area contributed by atoms with Crippen molar-refractivity contribution in [1.82, 2.24) is 25.4 Å². The third kappa shape index (κ3) is 5.00. The molecule has 2 amide bonds. The first-order valence-electron chi connectivity index (χ1n) is 8.86. The maximum Gasteiger partial charge on any atom is 0.315 e. The van der Waals surface area contributed by atoms with Gasteiger partial charge in [0.1, 0.15) is 12.7 Å². The van der Waals surface area contributed by atoms with Crippen molar-refractivity contribution in [2.24, 2.45) is 0 Å². The molecule has 0 aliphatic heterocycles. The summed E-state index contributed by atoms with van der Waals surface area (Å²) in [5.74, 6) is 1.37. The van der Waals surface area contributed by atoms with E-state index >= 15 is 0 Å². The van der Waals surface area contributed by atoms with E-state index in [1.807, 2.05) is 42.5 Å². The largest absolute Gasteiger partial charge is 0.493 e. The molecule has 2 N–H and O–H groups in total. The maximum atomic E-state index is 12.0. The number of amides is 2. The fourth-order valence-electron chi connectivity index (χ4n) is 2.71. The first-order valence-corrected chi connectivity index (χ1v) is 8.86. The molecule has 0 bridgehead atoms. The molecule has 8 nitrogen and oxygen atoms in total. The Hall–Kier alpha value is -3.55. The van der Waals surface area contributed by atoms with E-state index in [2.05, 4.69) is 20.7 Å². The number of urea groups is 1. The summed E-state index contributed by atoms with van der Waals surface area (Å²) in [6.07, 6.45) is 3.82. The molecule has 8 heteroatoms.